The first-order chi connectivity index (χ1) is 8.40. The van der Waals surface area contributed by atoms with Gasteiger partial charge in [0.2, 0.25) is 10.0 Å². The lowest BCUT2D eigenvalue weighted by atomic mass is 10.2. The number of methoxy groups -OCH3 is 1. The van der Waals surface area contributed by atoms with Gasteiger partial charge in [-0.1, -0.05) is 6.07 Å². The molecule has 0 aliphatic carbocycles. The minimum atomic E-state index is -3.75. The summed E-state index contributed by atoms with van der Waals surface area (Å²) in [6, 6.07) is 4.89. The molecule has 0 heterocycles. The molecular weight excluding hydrogens is 258 g/mol. The lowest BCUT2D eigenvalue weighted by Crippen LogP contribution is -2.35. The number of carbonyl (C=O) groups excluding carboxylic acids is 1. The molecular formula is C11H15NO5S. The Labute approximate surface area is 106 Å². The van der Waals surface area contributed by atoms with Gasteiger partial charge in [-0.2, -0.15) is 0 Å². The zero-order valence-corrected chi connectivity index (χ0v) is 10.9. The average molecular weight is 273 g/mol. The van der Waals surface area contributed by atoms with Crippen molar-refractivity contribution < 1.29 is 23.1 Å². The monoisotopic (exact) mass is 273 g/mol. The Hall–Kier alpha value is -1.44. The highest BCUT2D eigenvalue weighted by Crippen LogP contribution is 2.12. The van der Waals surface area contributed by atoms with Crippen molar-refractivity contribution in [3.8, 4) is 0 Å². The molecule has 0 saturated heterocycles. The standard InChI is InChI=1S/C11H15NO5S/c1-8(7-13)12-18(15,16)10-5-3-4-9(6-10)11(14)17-2/h3-6,8,12-13H,7H2,1-2H3. The van der Waals surface area contributed by atoms with Gasteiger partial charge >= 0.3 is 5.97 Å². The van der Waals surface area contributed by atoms with Gasteiger partial charge in [0.25, 0.3) is 0 Å². The molecule has 0 spiro atoms. The van der Waals surface area contributed by atoms with Gasteiger partial charge in [-0.15, -0.1) is 0 Å². The minimum Gasteiger partial charge on any atom is -0.465 e. The van der Waals surface area contributed by atoms with Crippen LogP contribution in [0.25, 0.3) is 0 Å². The molecule has 0 aliphatic heterocycles. The Morgan fingerprint density at radius 2 is 2.17 bits per heavy atom. The molecule has 2 N–H and O–H groups in total. The number of aliphatic hydroxyl groups excluding tert-OH is 1. The Morgan fingerprint density at radius 1 is 1.50 bits per heavy atom. The number of carbonyl (C=O) groups is 1. The molecule has 6 nitrogen and oxygen atoms in total. The molecule has 0 aromatic heterocycles. The molecule has 1 rings (SSSR count). The Bertz CT molecular complexity index is 526. The number of sulfonamides is 1. The van der Waals surface area contributed by atoms with Gasteiger partial charge < -0.3 is 9.84 Å². The van der Waals surface area contributed by atoms with E-state index >= 15 is 0 Å². The molecule has 100 valence electrons. The van der Waals surface area contributed by atoms with E-state index in [1.165, 1.54) is 38.3 Å². The van der Waals surface area contributed by atoms with Crippen LogP contribution in [0.15, 0.2) is 29.2 Å². The second-order valence-electron chi connectivity index (χ2n) is 3.72. The summed E-state index contributed by atoms with van der Waals surface area (Å²) < 4.78 is 30.6. The summed E-state index contributed by atoms with van der Waals surface area (Å²) in [4.78, 5) is 11.2. The van der Waals surface area contributed by atoms with Gasteiger partial charge in [0.1, 0.15) is 0 Å². The van der Waals surface area contributed by atoms with Crippen LogP contribution in [0.1, 0.15) is 17.3 Å². The van der Waals surface area contributed by atoms with E-state index in [4.69, 9.17) is 5.11 Å². The van der Waals surface area contributed by atoms with E-state index in [1.54, 1.807) is 0 Å². The first-order valence-electron chi connectivity index (χ1n) is 5.22. The van der Waals surface area contributed by atoms with Crippen molar-refractivity contribution in [3.63, 3.8) is 0 Å². The average Bonchev–Trinajstić information content (AvgIpc) is 2.37. The number of ether oxygens (including phenoxy) is 1. The van der Waals surface area contributed by atoms with Crippen molar-refractivity contribution in [2.24, 2.45) is 0 Å². The number of rotatable bonds is 5. The van der Waals surface area contributed by atoms with E-state index in [1.807, 2.05) is 0 Å². The predicted octanol–water partition coefficient (Wildman–Crippen LogP) is 0.132. The molecule has 0 saturated carbocycles. The molecule has 1 atom stereocenters. The highest BCUT2D eigenvalue weighted by Gasteiger charge is 2.18. The Morgan fingerprint density at radius 3 is 2.72 bits per heavy atom. The van der Waals surface area contributed by atoms with Gasteiger partial charge in [-0.05, 0) is 25.1 Å². The molecule has 0 bridgehead atoms. The van der Waals surface area contributed by atoms with Crippen LogP contribution in [0.3, 0.4) is 0 Å². The number of aliphatic hydroxyl groups is 1. The molecule has 1 unspecified atom stereocenters. The number of benzene rings is 1. The summed E-state index contributed by atoms with van der Waals surface area (Å²) >= 11 is 0. The van der Waals surface area contributed by atoms with Crippen molar-refractivity contribution in [2.75, 3.05) is 13.7 Å². The molecule has 1 aromatic carbocycles. The maximum atomic E-state index is 11.9. The van der Waals surface area contributed by atoms with E-state index in [9.17, 15) is 13.2 Å². The predicted molar refractivity (Wildman–Crippen MR) is 64.7 cm³/mol. The maximum absolute atomic E-state index is 11.9. The molecule has 7 heteroatoms. The third kappa shape index (κ3) is 3.52. The second kappa shape index (κ2) is 5.94. The van der Waals surface area contributed by atoms with Crippen LogP contribution in [0.5, 0.6) is 0 Å². The number of nitrogens with one attached hydrogen (secondary N) is 1. The number of hydrogen-bond donors (Lipinski definition) is 2. The van der Waals surface area contributed by atoms with Gasteiger partial charge in [0.05, 0.1) is 24.2 Å². The molecule has 1 aromatic rings. The molecule has 0 aliphatic rings. The number of hydrogen-bond acceptors (Lipinski definition) is 5. The normalized spacial score (nSPS) is 13.1. The topological polar surface area (TPSA) is 92.7 Å². The quantitative estimate of drug-likeness (QED) is 0.744. The van der Waals surface area contributed by atoms with Crippen molar-refractivity contribution in [2.45, 2.75) is 17.9 Å². The van der Waals surface area contributed by atoms with Crippen LogP contribution in [0.4, 0.5) is 0 Å². The Kier molecular flexibility index (Phi) is 4.83. The van der Waals surface area contributed by atoms with Gasteiger partial charge in [0.15, 0.2) is 0 Å². The van der Waals surface area contributed by atoms with Gasteiger partial charge in [-0.3, -0.25) is 0 Å². The molecule has 0 amide bonds. The highest BCUT2D eigenvalue weighted by molar-refractivity contribution is 7.89. The van der Waals surface area contributed by atoms with Crippen LogP contribution < -0.4 is 4.72 Å². The van der Waals surface area contributed by atoms with Crippen molar-refractivity contribution in [3.05, 3.63) is 29.8 Å². The smallest absolute Gasteiger partial charge is 0.337 e. The lowest BCUT2D eigenvalue weighted by molar-refractivity contribution is 0.0600. The zero-order chi connectivity index (χ0) is 13.8. The number of esters is 1. The summed E-state index contributed by atoms with van der Waals surface area (Å²) in [6.45, 7) is 1.22. The van der Waals surface area contributed by atoms with E-state index in [0.717, 1.165) is 0 Å². The Balaban J connectivity index is 3.06. The SMILES string of the molecule is COC(=O)c1cccc(S(=O)(=O)NC(C)CO)c1. The zero-order valence-electron chi connectivity index (χ0n) is 10.1. The highest BCUT2D eigenvalue weighted by atomic mass is 32.2. The third-order valence-corrected chi connectivity index (χ3v) is 3.78. The third-order valence-electron chi connectivity index (χ3n) is 2.20. The second-order valence-corrected chi connectivity index (χ2v) is 5.44. The van der Waals surface area contributed by atoms with Crippen molar-refractivity contribution in [1.29, 1.82) is 0 Å². The maximum Gasteiger partial charge on any atom is 0.337 e. The molecule has 0 fully saturated rings. The van der Waals surface area contributed by atoms with E-state index in [0.29, 0.717) is 0 Å². The van der Waals surface area contributed by atoms with Crippen molar-refractivity contribution in [1.82, 2.24) is 4.72 Å². The first-order valence-corrected chi connectivity index (χ1v) is 6.70. The van der Waals surface area contributed by atoms with E-state index in [2.05, 4.69) is 9.46 Å². The summed E-state index contributed by atoms with van der Waals surface area (Å²) in [6.07, 6.45) is 0. The molecule has 18 heavy (non-hydrogen) atoms. The van der Waals surface area contributed by atoms with Crippen LogP contribution in [0, 0.1) is 0 Å². The van der Waals surface area contributed by atoms with Crippen molar-refractivity contribution >= 4 is 16.0 Å². The van der Waals surface area contributed by atoms with Gasteiger partial charge in [-0.25, -0.2) is 17.9 Å². The summed E-state index contributed by atoms with van der Waals surface area (Å²) in [5.74, 6) is -0.609. The van der Waals surface area contributed by atoms with E-state index < -0.39 is 22.0 Å². The largest absolute Gasteiger partial charge is 0.465 e. The van der Waals surface area contributed by atoms with Crippen LogP contribution in [-0.2, 0) is 14.8 Å². The fraction of sp³-hybridized carbons (Fsp3) is 0.364. The summed E-state index contributed by atoms with van der Waals surface area (Å²) in [7, 11) is -2.54. The first kappa shape index (κ1) is 14.6. The van der Waals surface area contributed by atoms with E-state index in [-0.39, 0.29) is 17.1 Å². The molecule has 0 radical (unpaired) electrons. The fourth-order valence-electron chi connectivity index (χ4n) is 1.28. The minimum absolute atomic E-state index is 0.0503. The van der Waals surface area contributed by atoms with Crippen LogP contribution in [-0.4, -0.2) is 39.3 Å². The summed E-state index contributed by atoms with van der Waals surface area (Å²) in [5.41, 5.74) is 0.150. The van der Waals surface area contributed by atoms with Crippen LogP contribution in [0.2, 0.25) is 0 Å². The lowest BCUT2D eigenvalue weighted by Gasteiger charge is -2.11. The van der Waals surface area contributed by atoms with Gasteiger partial charge in [0, 0.05) is 6.04 Å². The van der Waals surface area contributed by atoms with Crippen LogP contribution >= 0.6 is 0 Å². The summed E-state index contributed by atoms with van der Waals surface area (Å²) in [5, 5.41) is 8.82. The fourth-order valence-corrected chi connectivity index (χ4v) is 2.56.